The fraction of sp³-hybridized carbons (Fsp3) is 0.360. The second kappa shape index (κ2) is 9.72. The van der Waals surface area contributed by atoms with E-state index in [1.54, 1.807) is 6.26 Å². The molecule has 30 heavy (non-hydrogen) atoms. The molecule has 0 spiro atoms. The minimum Gasteiger partial charge on any atom is -0.462 e. The number of hydrogen-bond acceptors (Lipinski definition) is 4. The Hall–Kier alpha value is -2.92. The fourth-order valence-electron chi connectivity index (χ4n) is 4.02. The van der Waals surface area contributed by atoms with Crippen LogP contribution in [0.25, 0.3) is 5.57 Å². The fourth-order valence-corrected chi connectivity index (χ4v) is 4.02. The van der Waals surface area contributed by atoms with Crippen LogP contribution in [-0.4, -0.2) is 46.9 Å². The van der Waals surface area contributed by atoms with Gasteiger partial charge in [0.25, 0.3) is 5.91 Å². The number of fused-ring (bicyclic) bond motifs is 1. The molecule has 1 aromatic heterocycles. The highest BCUT2D eigenvalue weighted by atomic mass is 16.5. The number of benzene rings is 1. The second-order valence-corrected chi connectivity index (χ2v) is 7.89. The quantitative estimate of drug-likeness (QED) is 0.627. The van der Waals surface area contributed by atoms with Gasteiger partial charge in [0.15, 0.2) is 0 Å². The van der Waals surface area contributed by atoms with Crippen molar-refractivity contribution in [2.75, 3.05) is 26.2 Å². The number of carbonyl (C=O) groups excluding carboxylic acids is 1. The lowest BCUT2D eigenvalue weighted by Crippen LogP contribution is -2.31. The van der Waals surface area contributed by atoms with E-state index >= 15 is 0 Å². The van der Waals surface area contributed by atoms with Crippen molar-refractivity contribution in [1.29, 1.82) is 0 Å². The highest BCUT2D eigenvalue weighted by Crippen LogP contribution is 2.26. The van der Waals surface area contributed by atoms with Crippen molar-refractivity contribution in [2.45, 2.75) is 32.6 Å². The Morgan fingerprint density at radius 2 is 1.87 bits per heavy atom. The van der Waals surface area contributed by atoms with Crippen LogP contribution in [0.5, 0.6) is 5.75 Å². The Bertz CT molecular complexity index is 936. The van der Waals surface area contributed by atoms with Crippen molar-refractivity contribution >= 4 is 11.5 Å². The molecule has 0 saturated carbocycles. The molecule has 0 N–H and O–H groups in total. The maximum atomic E-state index is 12.9. The molecule has 2 aliphatic heterocycles. The van der Waals surface area contributed by atoms with E-state index in [2.05, 4.69) is 22.0 Å². The molecule has 0 aliphatic carbocycles. The molecule has 1 amide bonds. The first-order chi connectivity index (χ1) is 14.7. The lowest BCUT2D eigenvalue weighted by Gasteiger charge is -2.26. The zero-order chi connectivity index (χ0) is 20.8. The van der Waals surface area contributed by atoms with Crippen molar-refractivity contribution in [3.05, 3.63) is 78.0 Å². The van der Waals surface area contributed by atoms with E-state index < -0.39 is 0 Å². The van der Waals surface area contributed by atoms with Gasteiger partial charge in [-0.3, -0.25) is 14.7 Å². The molecule has 5 heteroatoms. The number of nitrogens with zero attached hydrogens (tertiary/aromatic N) is 3. The molecule has 0 bridgehead atoms. The number of rotatable bonds is 7. The first-order valence-corrected chi connectivity index (χ1v) is 10.8. The molecule has 1 aromatic carbocycles. The zero-order valence-corrected chi connectivity index (χ0v) is 17.6. The predicted octanol–water partition coefficient (Wildman–Crippen LogP) is 4.74. The van der Waals surface area contributed by atoms with E-state index in [0.29, 0.717) is 11.3 Å². The highest BCUT2D eigenvalue weighted by molar-refractivity contribution is 5.98. The van der Waals surface area contributed by atoms with E-state index in [0.717, 1.165) is 63.3 Å². The summed E-state index contributed by atoms with van der Waals surface area (Å²) in [5.74, 6) is 0.660. The van der Waals surface area contributed by atoms with Crippen LogP contribution in [0, 0.1) is 0 Å². The molecular weight excluding hydrogens is 374 g/mol. The molecule has 2 aromatic rings. The van der Waals surface area contributed by atoms with Crippen LogP contribution in [0.4, 0.5) is 0 Å². The minimum atomic E-state index is 0.0278. The molecule has 3 heterocycles. The molecule has 0 fully saturated rings. The number of carbonyl (C=O) groups is 1. The summed E-state index contributed by atoms with van der Waals surface area (Å²) in [4.78, 5) is 21.7. The number of unbranched alkanes of at least 4 members (excludes halogenated alkanes) is 2. The average Bonchev–Trinajstić information content (AvgIpc) is 2.91. The Labute approximate surface area is 178 Å². The predicted molar refractivity (Wildman–Crippen MR) is 119 cm³/mol. The van der Waals surface area contributed by atoms with Crippen LogP contribution in [0.1, 0.15) is 48.7 Å². The summed E-state index contributed by atoms with van der Waals surface area (Å²) in [6.07, 6.45) is 10.2. The van der Waals surface area contributed by atoms with Gasteiger partial charge in [0, 0.05) is 25.8 Å². The van der Waals surface area contributed by atoms with E-state index in [1.165, 1.54) is 5.57 Å². The summed E-state index contributed by atoms with van der Waals surface area (Å²) in [5.41, 5.74) is 3.96. The van der Waals surface area contributed by atoms with E-state index in [9.17, 15) is 4.79 Å². The standard InChI is InChI=1S/C25H29N3O2/c1-20-19-30-24-11-4-3-9-22(24)25(29)28(20)16-8-2-7-15-27-17-12-21(13-18-27)23-10-5-6-14-26-23/h3-6,9-12,14,19H,2,7-8,13,15-18H2,1H3. The third kappa shape index (κ3) is 4.79. The van der Waals surface area contributed by atoms with Gasteiger partial charge in [-0.25, -0.2) is 0 Å². The Morgan fingerprint density at radius 3 is 2.67 bits per heavy atom. The Morgan fingerprint density at radius 1 is 1.03 bits per heavy atom. The molecule has 5 nitrogen and oxygen atoms in total. The maximum absolute atomic E-state index is 12.9. The number of pyridine rings is 1. The van der Waals surface area contributed by atoms with Crippen LogP contribution < -0.4 is 4.74 Å². The summed E-state index contributed by atoms with van der Waals surface area (Å²) >= 11 is 0. The third-order valence-corrected chi connectivity index (χ3v) is 5.79. The number of ether oxygens (including phenoxy) is 1. The summed E-state index contributed by atoms with van der Waals surface area (Å²) in [6, 6.07) is 13.5. The monoisotopic (exact) mass is 403 g/mol. The van der Waals surface area contributed by atoms with Gasteiger partial charge in [-0.2, -0.15) is 0 Å². The maximum Gasteiger partial charge on any atom is 0.261 e. The van der Waals surface area contributed by atoms with Gasteiger partial charge in [-0.15, -0.1) is 0 Å². The minimum absolute atomic E-state index is 0.0278. The van der Waals surface area contributed by atoms with Crippen LogP contribution in [0.3, 0.4) is 0 Å². The second-order valence-electron chi connectivity index (χ2n) is 7.89. The molecule has 4 rings (SSSR count). The van der Waals surface area contributed by atoms with Crippen LogP contribution >= 0.6 is 0 Å². The normalized spacial score (nSPS) is 17.0. The number of allylic oxidation sites excluding steroid dienone is 1. The highest BCUT2D eigenvalue weighted by Gasteiger charge is 2.23. The van der Waals surface area contributed by atoms with Crippen LogP contribution in [0.15, 0.2) is 66.7 Å². The van der Waals surface area contributed by atoms with Crippen molar-refractivity contribution in [3.8, 4) is 5.75 Å². The number of aromatic nitrogens is 1. The van der Waals surface area contributed by atoms with Gasteiger partial charge in [-0.1, -0.05) is 30.7 Å². The summed E-state index contributed by atoms with van der Waals surface area (Å²) in [5, 5.41) is 0. The van der Waals surface area contributed by atoms with Gasteiger partial charge in [0.1, 0.15) is 12.0 Å². The molecule has 2 aliphatic rings. The van der Waals surface area contributed by atoms with Crippen molar-refractivity contribution in [2.24, 2.45) is 0 Å². The zero-order valence-electron chi connectivity index (χ0n) is 17.6. The number of amides is 1. The van der Waals surface area contributed by atoms with Crippen LogP contribution in [0.2, 0.25) is 0 Å². The van der Waals surface area contributed by atoms with E-state index in [1.807, 2.05) is 54.4 Å². The lowest BCUT2D eigenvalue weighted by molar-refractivity contribution is 0.0805. The van der Waals surface area contributed by atoms with Crippen molar-refractivity contribution in [1.82, 2.24) is 14.8 Å². The summed E-state index contributed by atoms with van der Waals surface area (Å²) in [7, 11) is 0. The Balaban J connectivity index is 1.21. The number of para-hydroxylation sites is 1. The molecule has 0 unspecified atom stereocenters. The Kier molecular flexibility index (Phi) is 6.60. The van der Waals surface area contributed by atoms with Crippen molar-refractivity contribution in [3.63, 3.8) is 0 Å². The number of hydrogen-bond donors (Lipinski definition) is 0. The van der Waals surface area contributed by atoms with Gasteiger partial charge in [0.2, 0.25) is 0 Å². The average molecular weight is 404 g/mol. The van der Waals surface area contributed by atoms with Crippen molar-refractivity contribution < 1.29 is 9.53 Å². The third-order valence-electron chi connectivity index (χ3n) is 5.79. The largest absolute Gasteiger partial charge is 0.462 e. The molecular formula is C25H29N3O2. The van der Waals surface area contributed by atoms with Gasteiger partial charge >= 0.3 is 0 Å². The van der Waals surface area contributed by atoms with Gasteiger partial charge < -0.3 is 9.64 Å². The van der Waals surface area contributed by atoms with E-state index in [4.69, 9.17) is 4.74 Å². The topological polar surface area (TPSA) is 45.7 Å². The van der Waals surface area contributed by atoms with Crippen LogP contribution in [-0.2, 0) is 0 Å². The van der Waals surface area contributed by atoms with Gasteiger partial charge in [0.05, 0.1) is 17.0 Å². The first kappa shape index (κ1) is 20.4. The first-order valence-electron chi connectivity index (χ1n) is 10.8. The molecule has 0 saturated heterocycles. The SMILES string of the molecule is CC1=COc2ccccc2C(=O)N1CCCCCN1CC=C(c2ccccn2)CC1. The van der Waals surface area contributed by atoms with Gasteiger partial charge in [-0.05, 0) is 62.6 Å². The molecule has 0 atom stereocenters. The lowest BCUT2D eigenvalue weighted by atomic mass is 10.0. The molecule has 156 valence electrons. The summed E-state index contributed by atoms with van der Waals surface area (Å²) in [6.45, 7) is 5.84. The smallest absolute Gasteiger partial charge is 0.261 e. The summed E-state index contributed by atoms with van der Waals surface area (Å²) < 4.78 is 5.67. The van der Waals surface area contributed by atoms with E-state index in [-0.39, 0.29) is 5.91 Å². The molecule has 0 radical (unpaired) electrons.